The van der Waals surface area contributed by atoms with Crippen LogP contribution in [-0.2, 0) is 11.0 Å². The maximum Gasteiger partial charge on any atom is 0.416 e. The van der Waals surface area contributed by atoms with E-state index in [-0.39, 0.29) is 5.54 Å². The van der Waals surface area contributed by atoms with Gasteiger partial charge in [-0.2, -0.15) is 13.2 Å². The van der Waals surface area contributed by atoms with Gasteiger partial charge in [0, 0.05) is 17.7 Å². The Balaban J connectivity index is 0.00000190. The van der Waals surface area contributed by atoms with Crippen molar-refractivity contribution in [3.05, 3.63) is 41.0 Å². The van der Waals surface area contributed by atoms with Crippen LogP contribution in [0.25, 0.3) is 5.57 Å². The number of allylic oxidation sites excluding steroid dienone is 1. The highest BCUT2D eigenvalue weighted by molar-refractivity contribution is 6.09. The summed E-state index contributed by atoms with van der Waals surface area (Å²) in [5.41, 5.74) is 0.441. The fourth-order valence-electron chi connectivity index (χ4n) is 3.81. The number of hydrogen-bond donors (Lipinski definition) is 2. The number of likely N-dealkylation sites (N-methyl/N-ethyl adjacent to an activating group) is 2. The van der Waals surface area contributed by atoms with Gasteiger partial charge in [-0.1, -0.05) is 52.2 Å². The molecule has 1 aliphatic rings. The van der Waals surface area contributed by atoms with Gasteiger partial charge in [0.15, 0.2) is 6.29 Å². The molecule has 0 amide bonds. The van der Waals surface area contributed by atoms with Crippen molar-refractivity contribution in [2.24, 2.45) is 0 Å². The van der Waals surface area contributed by atoms with E-state index >= 15 is 0 Å². The van der Waals surface area contributed by atoms with Crippen LogP contribution in [0.5, 0.6) is 0 Å². The Morgan fingerprint density at radius 3 is 2.32 bits per heavy atom. The summed E-state index contributed by atoms with van der Waals surface area (Å²) in [4.78, 5) is 12.0. The standard InChI is InChI=1S/C20H27F3N2O.C2H6/c1-3-25-13-18(19(24-2)10-5-4-6-11-19)17(14-26)15-8-7-9-16(12-15)20(21,22)23;1-2/h7-9,12,14,24-25H,3-6,10-11,13H2,1-2H3;1-2H3/b18-17+;. The smallest absolute Gasteiger partial charge is 0.313 e. The molecule has 0 spiro atoms. The predicted octanol–water partition coefficient (Wildman–Crippen LogP) is 5.22. The minimum atomic E-state index is -4.43. The summed E-state index contributed by atoms with van der Waals surface area (Å²) in [6.07, 6.45) is 1.22. The number of aldehydes is 1. The van der Waals surface area contributed by atoms with Crippen molar-refractivity contribution < 1.29 is 18.0 Å². The molecule has 1 aromatic carbocycles. The molecule has 1 aliphatic carbocycles. The third-order valence-corrected chi connectivity index (χ3v) is 5.26. The molecular weight excluding hydrogens is 365 g/mol. The molecule has 6 heteroatoms. The van der Waals surface area contributed by atoms with Gasteiger partial charge in [0.1, 0.15) is 0 Å². The molecule has 3 nitrogen and oxygen atoms in total. The van der Waals surface area contributed by atoms with Crippen molar-refractivity contribution in [1.29, 1.82) is 0 Å². The fourth-order valence-corrected chi connectivity index (χ4v) is 3.81. The molecule has 0 aliphatic heterocycles. The first-order valence-corrected chi connectivity index (χ1v) is 10.1. The largest absolute Gasteiger partial charge is 0.416 e. The molecule has 1 aromatic rings. The van der Waals surface area contributed by atoms with E-state index in [9.17, 15) is 18.0 Å². The normalized spacial score (nSPS) is 17.2. The molecule has 0 aromatic heterocycles. The Morgan fingerprint density at radius 1 is 1.18 bits per heavy atom. The second kappa shape index (κ2) is 11.4. The van der Waals surface area contributed by atoms with Crippen LogP contribution in [0.2, 0.25) is 0 Å². The van der Waals surface area contributed by atoms with Gasteiger partial charge in [0.25, 0.3) is 0 Å². The second-order valence-electron chi connectivity index (χ2n) is 6.76. The van der Waals surface area contributed by atoms with Crippen molar-refractivity contribution in [3.8, 4) is 0 Å². The van der Waals surface area contributed by atoms with Gasteiger partial charge in [-0.25, -0.2) is 0 Å². The topological polar surface area (TPSA) is 41.1 Å². The Labute approximate surface area is 166 Å². The summed E-state index contributed by atoms with van der Waals surface area (Å²) in [6, 6.07) is 5.04. The van der Waals surface area contributed by atoms with Gasteiger partial charge in [0.2, 0.25) is 0 Å². The van der Waals surface area contributed by atoms with Crippen molar-refractivity contribution in [2.45, 2.75) is 64.6 Å². The molecule has 0 heterocycles. The summed E-state index contributed by atoms with van der Waals surface area (Å²) < 4.78 is 39.3. The maximum atomic E-state index is 13.1. The Kier molecular flexibility index (Phi) is 9.90. The van der Waals surface area contributed by atoms with E-state index in [4.69, 9.17) is 0 Å². The summed E-state index contributed by atoms with van der Waals surface area (Å²) in [6.45, 7) is 7.16. The summed E-state index contributed by atoms with van der Waals surface area (Å²) in [5, 5.41) is 6.63. The molecule has 158 valence electrons. The molecule has 0 unspecified atom stereocenters. The minimum absolute atomic E-state index is 0.322. The molecule has 0 atom stereocenters. The van der Waals surface area contributed by atoms with Crippen LogP contribution in [0.15, 0.2) is 29.8 Å². The van der Waals surface area contributed by atoms with Crippen LogP contribution in [0.4, 0.5) is 13.2 Å². The number of carbonyl (C=O) groups excluding carboxylic acids is 1. The number of alkyl halides is 3. The first-order chi connectivity index (χ1) is 13.4. The van der Waals surface area contributed by atoms with Crippen LogP contribution in [0.1, 0.15) is 64.0 Å². The molecule has 1 fully saturated rings. The average Bonchev–Trinajstić information content (AvgIpc) is 2.72. The number of benzene rings is 1. The molecule has 0 bridgehead atoms. The fraction of sp³-hybridized carbons (Fsp3) is 0.591. The molecule has 2 N–H and O–H groups in total. The zero-order valence-corrected chi connectivity index (χ0v) is 17.4. The lowest BCUT2D eigenvalue weighted by Crippen LogP contribution is -2.49. The minimum Gasteiger partial charge on any atom is -0.313 e. The number of rotatable bonds is 7. The van der Waals surface area contributed by atoms with Gasteiger partial charge >= 0.3 is 6.18 Å². The Morgan fingerprint density at radius 2 is 1.82 bits per heavy atom. The highest BCUT2D eigenvalue weighted by atomic mass is 19.4. The Bertz CT molecular complexity index is 647. The summed E-state index contributed by atoms with van der Waals surface area (Å²) in [5.74, 6) is 0. The lowest BCUT2D eigenvalue weighted by Gasteiger charge is -2.40. The van der Waals surface area contributed by atoms with E-state index < -0.39 is 11.7 Å². The molecule has 28 heavy (non-hydrogen) atoms. The first kappa shape index (κ1) is 24.4. The second-order valence-corrected chi connectivity index (χ2v) is 6.76. The van der Waals surface area contributed by atoms with Crippen molar-refractivity contribution in [3.63, 3.8) is 0 Å². The highest BCUT2D eigenvalue weighted by Gasteiger charge is 2.36. The van der Waals surface area contributed by atoms with Crippen LogP contribution in [-0.4, -0.2) is 32.0 Å². The van der Waals surface area contributed by atoms with E-state index in [0.29, 0.717) is 24.0 Å². The number of halogens is 3. The summed E-state index contributed by atoms with van der Waals surface area (Å²) in [7, 11) is 1.87. The summed E-state index contributed by atoms with van der Waals surface area (Å²) >= 11 is 0. The van der Waals surface area contributed by atoms with E-state index in [1.54, 1.807) is 6.07 Å². The maximum absolute atomic E-state index is 13.1. The van der Waals surface area contributed by atoms with E-state index in [2.05, 4.69) is 10.6 Å². The molecule has 0 saturated heterocycles. The van der Waals surface area contributed by atoms with Crippen molar-refractivity contribution >= 4 is 11.9 Å². The number of carbonyl (C=O) groups is 1. The lowest BCUT2D eigenvalue weighted by atomic mass is 9.73. The van der Waals surface area contributed by atoms with Gasteiger partial charge in [-0.05, 0) is 49.7 Å². The van der Waals surface area contributed by atoms with Crippen LogP contribution < -0.4 is 10.6 Å². The number of hydrogen-bond acceptors (Lipinski definition) is 3. The SMILES string of the molecule is CC.CCNC/C(=C(/C=O)c1cccc(C(F)(F)F)c1)C1(NC)CCCCC1. The molecule has 2 rings (SSSR count). The quantitative estimate of drug-likeness (QED) is 0.489. The van der Waals surface area contributed by atoms with Gasteiger partial charge < -0.3 is 10.6 Å². The lowest BCUT2D eigenvalue weighted by molar-refractivity contribution is -0.137. The van der Waals surface area contributed by atoms with Crippen molar-refractivity contribution in [1.82, 2.24) is 10.6 Å². The highest BCUT2D eigenvalue weighted by Crippen LogP contribution is 2.38. The average molecular weight is 399 g/mol. The van der Waals surface area contributed by atoms with E-state index in [1.807, 2.05) is 27.8 Å². The predicted molar refractivity (Wildman–Crippen MR) is 109 cm³/mol. The Hall–Kier alpha value is -1.66. The molecule has 0 radical (unpaired) electrons. The van der Waals surface area contributed by atoms with Crippen LogP contribution in [0, 0.1) is 0 Å². The van der Waals surface area contributed by atoms with E-state index in [1.165, 1.54) is 6.07 Å². The zero-order chi connectivity index (χ0) is 21.2. The monoisotopic (exact) mass is 398 g/mol. The van der Waals surface area contributed by atoms with Gasteiger partial charge in [-0.15, -0.1) is 0 Å². The molecular formula is C22H33F3N2O. The third kappa shape index (κ3) is 5.92. The first-order valence-electron chi connectivity index (χ1n) is 10.1. The van der Waals surface area contributed by atoms with Crippen LogP contribution in [0.3, 0.4) is 0 Å². The van der Waals surface area contributed by atoms with Crippen LogP contribution >= 0.6 is 0 Å². The van der Waals surface area contributed by atoms with Crippen molar-refractivity contribution in [2.75, 3.05) is 20.1 Å². The van der Waals surface area contributed by atoms with Gasteiger partial charge in [-0.3, -0.25) is 4.79 Å². The zero-order valence-electron chi connectivity index (χ0n) is 17.4. The van der Waals surface area contributed by atoms with Gasteiger partial charge in [0.05, 0.1) is 5.56 Å². The molecule has 1 saturated carbocycles. The third-order valence-electron chi connectivity index (χ3n) is 5.26. The van der Waals surface area contributed by atoms with E-state index in [0.717, 1.165) is 56.4 Å². The number of nitrogens with one attached hydrogen (secondary N) is 2.